The Morgan fingerprint density at radius 3 is 2.57 bits per heavy atom. The van der Waals surface area contributed by atoms with Crippen LogP contribution < -0.4 is 5.73 Å². The summed E-state index contributed by atoms with van der Waals surface area (Å²) in [4.78, 5) is 0. The van der Waals surface area contributed by atoms with E-state index in [4.69, 9.17) is 5.73 Å². The molecule has 1 heterocycles. The molecule has 3 rings (SSSR count). The first-order chi connectivity index (χ1) is 10.1. The molecule has 0 aliphatic heterocycles. The van der Waals surface area contributed by atoms with Crippen LogP contribution in [0.1, 0.15) is 0 Å². The lowest BCUT2D eigenvalue weighted by molar-refractivity contribution is 0.630. The summed E-state index contributed by atoms with van der Waals surface area (Å²) >= 11 is 6.85. The first-order valence-corrected chi connectivity index (χ1v) is 7.70. The second-order valence-corrected chi connectivity index (χ2v) is 6.23. The molecule has 2 aromatic carbocycles. The quantitative estimate of drug-likeness (QED) is 0.625. The summed E-state index contributed by atoms with van der Waals surface area (Å²) in [5.41, 5.74) is 8.48. The van der Waals surface area contributed by atoms with Gasteiger partial charge in [-0.3, -0.25) is 5.10 Å². The van der Waals surface area contributed by atoms with E-state index in [0.29, 0.717) is 22.6 Å². The number of aromatic nitrogens is 2. The molecule has 3 nitrogen and oxygen atoms in total. The molecule has 0 fully saturated rings. The van der Waals surface area contributed by atoms with Gasteiger partial charge in [-0.15, -0.1) is 0 Å². The van der Waals surface area contributed by atoms with Crippen LogP contribution in [0.3, 0.4) is 0 Å². The fourth-order valence-corrected chi connectivity index (χ4v) is 3.02. The third-order valence-electron chi connectivity index (χ3n) is 3.14. The van der Waals surface area contributed by atoms with Gasteiger partial charge in [0.25, 0.3) is 0 Å². The number of nitrogen functional groups attached to an aromatic ring is 1. The fraction of sp³-hybridized carbons (Fsp3) is 0. The number of hydrogen-bond donors (Lipinski definition) is 2. The number of rotatable bonds is 2. The summed E-state index contributed by atoms with van der Waals surface area (Å²) < 4.78 is 15.8. The number of nitrogens with zero attached hydrogens (tertiary/aromatic N) is 1. The molecule has 0 aliphatic rings. The van der Waals surface area contributed by atoms with Crippen molar-refractivity contribution in [1.82, 2.24) is 10.2 Å². The summed E-state index contributed by atoms with van der Waals surface area (Å²) in [5.74, 6) is -0.00794. The van der Waals surface area contributed by atoms with Crippen molar-refractivity contribution in [1.29, 1.82) is 0 Å². The molecule has 0 spiro atoms. The van der Waals surface area contributed by atoms with Gasteiger partial charge in [-0.2, -0.15) is 5.10 Å². The summed E-state index contributed by atoms with van der Waals surface area (Å²) in [6.45, 7) is 0. The predicted octanol–water partition coefficient (Wildman–Crippen LogP) is 4.99. The molecule has 0 radical (unpaired) electrons. The van der Waals surface area contributed by atoms with E-state index in [1.54, 1.807) is 12.1 Å². The van der Waals surface area contributed by atoms with Crippen molar-refractivity contribution >= 4 is 37.7 Å². The fourth-order valence-electron chi connectivity index (χ4n) is 2.18. The van der Waals surface area contributed by atoms with Crippen molar-refractivity contribution in [3.05, 3.63) is 57.2 Å². The van der Waals surface area contributed by atoms with Gasteiger partial charge in [-0.1, -0.05) is 50.1 Å². The molecule has 21 heavy (non-hydrogen) atoms. The van der Waals surface area contributed by atoms with Crippen LogP contribution in [0, 0.1) is 5.82 Å². The van der Waals surface area contributed by atoms with Crippen molar-refractivity contribution in [2.45, 2.75) is 0 Å². The van der Waals surface area contributed by atoms with Gasteiger partial charge in [0.15, 0.2) is 5.82 Å². The highest BCUT2D eigenvalue weighted by Crippen LogP contribution is 2.39. The molecule has 0 saturated heterocycles. The minimum absolute atomic E-state index is 0.330. The van der Waals surface area contributed by atoms with E-state index < -0.39 is 0 Å². The Labute approximate surface area is 137 Å². The Hall–Kier alpha value is -1.66. The van der Waals surface area contributed by atoms with Gasteiger partial charge in [0.2, 0.25) is 0 Å². The molecular formula is C15H10Br2FN3. The zero-order valence-corrected chi connectivity index (χ0v) is 13.9. The zero-order valence-electron chi connectivity index (χ0n) is 10.7. The van der Waals surface area contributed by atoms with E-state index >= 15 is 0 Å². The second-order valence-electron chi connectivity index (χ2n) is 4.46. The van der Waals surface area contributed by atoms with Gasteiger partial charge < -0.3 is 5.73 Å². The Morgan fingerprint density at radius 2 is 1.81 bits per heavy atom. The normalized spacial score (nSPS) is 10.8. The van der Waals surface area contributed by atoms with Gasteiger partial charge in [0, 0.05) is 20.1 Å². The van der Waals surface area contributed by atoms with E-state index in [-0.39, 0.29) is 5.82 Å². The number of nitrogens with one attached hydrogen (secondary N) is 1. The van der Waals surface area contributed by atoms with Gasteiger partial charge >= 0.3 is 0 Å². The van der Waals surface area contributed by atoms with Crippen molar-refractivity contribution in [2.75, 3.05) is 5.73 Å². The molecule has 3 N–H and O–H groups in total. The third kappa shape index (κ3) is 2.61. The number of nitrogens with two attached hydrogens (primary N) is 1. The Kier molecular flexibility index (Phi) is 3.82. The largest absolute Gasteiger partial charge is 0.382 e. The summed E-state index contributed by atoms with van der Waals surface area (Å²) in [5, 5.41) is 6.86. The van der Waals surface area contributed by atoms with E-state index in [1.165, 1.54) is 6.07 Å². The van der Waals surface area contributed by atoms with Crippen LogP contribution in [0.2, 0.25) is 0 Å². The van der Waals surface area contributed by atoms with Crippen LogP contribution in [-0.2, 0) is 0 Å². The highest BCUT2D eigenvalue weighted by Gasteiger charge is 2.19. The maximum atomic E-state index is 14.1. The number of anilines is 1. The van der Waals surface area contributed by atoms with E-state index in [0.717, 1.165) is 14.5 Å². The minimum atomic E-state index is -0.338. The molecule has 0 amide bonds. The van der Waals surface area contributed by atoms with Gasteiger partial charge in [-0.05, 0) is 24.3 Å². The lowest BCUT2D eigenvalue weighted by atomic mass is 10.0. The minimum Gasteiger partial charge on any atom is -0.382 e. The number of benzene rings is 2. The van der Waals surface area contributed by atoms with Gasteiger partial charge in [0.1, 0.15) is 5.82 Å². The molecule has 0 unspecified atom stereocenters. The average Bonchev–Trinajstić information content (AvgIpc) is 2.84. The Bertz CT molecular complexity index is 814. The van der Waals surface area contributed by atoms with Crippen molar-refractivity contribution in [3.8, 4) is 22.4 Å². The first kappa shape index (κ1) is 14.3. The zero-order chi connectivity index (χ0) is 15.0. The lowest BCUT2D eigenvalue weighted by Crippen LogP contribution is -1.91. The van der Waals surface area contributed by atoms with Crippen molar-refractivity contribution in [3.63, 3.8) is 0 Å². The molecule has 1 aromatic heterocycles. The van der Waals surface area contributed by atoms with Crippen LogP contribution >= 0.6 is 31.9 Å². The molecule has 106 valence electrons. The number of aromatic amines is 1. The average molecular weight is 411 g/mol. The predicted molar refractivity (Wildman–Crippen MR) is 89.2 cm³/mol. The topological polar surface area (TPSA) is 54.7 Å². The molecule has 0 bridgehead atoms. The molecule has 6 heteroatoms. The van der Waals surface area contributed by atoms with Gasteiger partial charge in [-0.25, -0.2) is 4.39 Å². The Morgan fingerprint density at radius 1 is 1.05 bits per heavy atom. The smallest absolute Gasteiger partial charge is 0.153 e. The maximum Gasteiger partial charge on any atom is 0.153 e. The third-order valence-corrected chi connectivity index (χ3v) is 4.32. The molecule has 0 saturated carbocycles. The van der Waals surface area contributed by atoms with Crippen molar-refractivity contribution in [2.24, 2.45) is 0 Å². The summed E-state index contributed by atoms with van der Waals surface area (Å²) in [7, 11) is 0. The Balaban J connectivity index is 2.27. The van der Waals surface area contributed by atoms with Gasteiger partial charge in [0.05, 0.1) is 11.3 Å². The number of halogens is 3. The molecule has 3 aromatic rings. The first-order valence-electron chi connectivity index (χ1n) is 6.12. The summed E-state index contributed by atoms with van der Waals surface area (Å²) in [6, 6.07) is 12.4. The molecule has 0 atom stereocenters. The maximum absolute atomic E-state index is 14.1. The highest BCUT2D eigenvalue weighted by atomic mass is 79.9. The van der Waals surface area contributed by atoms with E-state index in [2.05, 4.69) is 42.1 Å². The SMILES string of the molecule is Nc1n[nH]c(-c2cc(Br)ccc2F)c1-c1ccccc1Br. The van der Waals surface area contributed by atoms with E-state index in [1.807, 2.05) is 24.3 Å². The van der Waals surface area contributed by atoms with Crippen LogP contribution in [-0.4, -0.2) is 10.2 Å². The summed E-state index contributed by atoms with van der Waals surface area (Å²) in [6.07, 6.45) is 0. The second kappa shape index (κ2) is 5.61. The number of hydrogen-bond acceptors (Lipinski definition) is 2. The van der Waals surface area contributed by atoms with Crippen molar-refractivity contribution < 1.29 is 4.39 Å². The molecule has 0 aliphatic carbocycles. The number of H-pyrrole nitrogens is 1. The monoisotopic (exact) mass is 409 g/mol. The van der Waals surface area contributed by atoms with Crippen LogP contribution in [0.25, 0.3) is 22.4 Å². The van der Waals surface area contributed by atoms with Crippen LogP contribution in [0.15, 0.2) is 51.4 Å². The molecular weight excluding hydrogens is 401 g/mol. The van der Waals surface area contributed by atoms with Crippen LogP contribution in [0.4, 0.5) is 10.2 Å². The van der Waals surface area contributed by atoms with E-state index in [9.17, 15) is 4.39 Å². The standard InChI is InChI=1S/C15H10Br2FN3/c16-8-5-6-12(18)10(7-8)14-13(15(19)21-20-14)9-3-1-2-4-11(9)17/h1-7H,(H3,19,20,21). The highest BCUT2D eigenvalue weighted by molar-refractivity contribution is 9.10. The lowest BCUT2D eigenvalue weighted by Gasteiger charge is -2.08. The van der Waals surface area contributed by atoms with Crippen LogP contribution in [0.5, 0.6) is 0 Å².